The number of rotatable bonds is 13. The highest BCUT2D eigenvalue weighted by Gasteiger charge is 2.09. The standard InChI is InChI=1S/C13H28O4/c1-4-6-8-10-15-13(12-17-14-3)16-11-9-7-5-2/h13H,4-12H2,1-3H3. The van der Waals surface area contributed by atoms with E-state index in [1.165, 1.54) is 32.8 Å². The lowest BCUT2D eigenvalue weighted by atomic mass is 10.3. The molecule has 0 saturated heterocycles. The van der Waals surface area contributed by atoms with Gasteiger partial charge in [-0.05, 0) is 12.8 Å². The van der Waals surface area contributed by atoms with E-state index in [4.69, 9.17) is 14.4 Å². The Kier molecular flexibility index (Phi) is 13.8. The lowest BCUT2D eigenvalue weighted by molar-refractivity contribution is -0.313. The molecule has 0 N–H and O–H groups in total. The Morgan fingerprint density at radius 3 is 1.76 bits per heavy atom. The molecule has 0 aromatic heterocycles. The number of ether oxygens (including phenoxy) is 2. The van der Waals surface area contributed by atoms with E-state index in [0.717, 1.165) is 26.1 Å². The Labute approximate surface area is 106 Å². The van der Waals surface area contributed by atoms with Gasteiger partial charge in [0, 0.05) is 13.2 Å². The minimum absolute atomic E-state index is 0.302. The van der Waals surface area contributed by atoms with Crippen molar-refractivity contribution >= 4 is 0 Å². The first-order valence-corrected chi connectivity index (χ1v) is 6.73. The van der Waals surface area contributed by atoms with Gasteiger partial charge < -0.3 is 9.47 Å². The van der Waals surface area contributed by atoms with Crippen LogP contribution in [0.1, 0.15) is 52.4 Å². The van der Waals surface area contributed by atoms with Crippen LogP contribution in [0.5, 0.6) is 0 Å². The zero-order valence-electron chi connectivity index (χ0n) is 11.6. The van der Waals surface area contributed by atoms with Crippen molar-refractivity contribution in [2.45, 2.75) is 58.7 Å². The third-order valence-electron chi connectivity index (χ3n) is 2.43. The summed E-state index contributed by atoms with van der Waals surface area (Å²) in [5.74, 6) is 0. The molecule has 0 radical (unpaired) electrons. The molecule has 0 atom stereocenters. The molecule has 4 heteroatoms. The van der Waals surface area contributed by atoms with Gasteiger partial charge in [0.25, 0.3) is 0 Å². The van der Waals surface area contributed by atoms with Crippen molar-refractivity contribution in [1.82, 2.24) is 0 Å². The lowest BCUT2D eigenvalue weighted by Crippen LogP contribution is -2.24. The molecule has 0 aromatic carbocycles. The Morgan fingerprint density at radius 1 is 0.824 bits per heavy atom. The lowest BCUT2D eigenvalue weighted by Gasteiger charge is -2.17. The Bertz CT molecular complexity index is 129. The molecule has 0 spiro atoms. The molecule has 0 bridgehead atoms. The molecule has 0 aliphatic heterocycles. The smallest absolute Gasteiger partial charge is 0.183 e. The van der Waals surface area contributed by atoms with Crippen molar-refractivity contribution in [1.29, 1.82) is 0 Å². The monoisotopic (exact) mass is 248 g/mol. The minimum Gasteiger partial charge on any atom is -0.350 e. The summed E-state index contributed by atoms with van der Waals surface area (Å²) in [6, 6.07) is 0. The molecular weight excluding hydrogens is 220 g/mol. The summed E-state index contributed by atoms with van der Waals surface area (Å²) in [5.41, 5.74) is 0. The normalized spacial score (nSPS) is 11.3. The van der Waals surface area contributed by atoms with E-state index in [0.29, 0.717) is 6.61 Å². The molecule has 0 saturated carbocycles. The van der Waals surface area contributed by atoms with Crippen LogP contribution in [0.25, 0.3) is 0 Å². The highest BCUT2D eigenvalue weighted by atomic mass is 17.2. The van der Waals surface area contributed by atoms with Crippen LogP contribution in [0.3, 0.4) is 0 Å². The van der Waals surface area contributed by atoms with Crippen molar-refractivity contribution < 1.29 is 19.2 Å². The Balaban J connectivity index is 3.56. The van der Waals surface area contributed by atoms with Gasteiger partial charge >= 0.3 is 0 Å². The predicted molar refractivity (Wildman–Crippen MR) is 67.7 cm³/mol. The fourth-order valence-corrected chi connectivity index (χ4v) is 1.40. The molecule has 0 fully saturated rings. The van der Waals surface area contributed by atoms with E-state index in [2.05, 4.69) is 18.7 Å². The average molecular weight is 248 g/mol. The second kappa shape index (κ2) is 13.9. The first-order chi connectivity index (χ1) is 8.35. The van der Waals surface area contributed by atoms with E-state index in [9.17, 15) is 0 Å². The van der Waals surface area contributed by atoms with Crippen molar-refractivity contribution in [2.75, 3.05) is 26.9 Å². The molecular formula is C13H28O4. The third-order valence-corrected chi connectivity index (χ3v) is 2.43. The van der Waals surface area contributed by atoms with E-state index >= 15 is 0 Å². The summed E-state index contributed by atoms with van der Waals surface area (Å²) in [4.78, 5) is 9.43. The maximum absolute atomic E-state index is 5.60. The highest BCUT2D eigenvalue weighted by Crippen LogP contribution is 2.03. The number of hydrogen-bond donors (Lipinski definition) is 0. The van der Waals surface area contributed by atoms with Crippen LogP contribution in [-0.4, -0.2) is 33.2 Å². The van der Waals surface area contributed by atoms with E-state index in [1.807, 2.05) is 0 Å². The van der Waals surface area contributed by atoms with Gasteiger partial charge in [-0.3, -0.25) is 0 Å². The molecule has 0 aliphatic rings. The third kappa shape index (κ3) is 12.1. The van der Waals surface area contributed by atoms with Crippen molar-refractivity contribution in [2.24, 2.45) is 0 Å². The topological polar surface area (TPSA) is 36.9 Å². The second-order valence-electron chi connectivity index (χ2n) is 4.04. The molecule has 0 unspecified atom stereocenters. The van der Waals surface area contributed by atoms with Gasteiger partial charge in [-0.25, -0.2) is 9.78 Å². The van der Waals surface area contributed by atoms with Gasteiger partial charge in [0.15, 0.2) is 6.29 Å². The molecule has 17 heavy (non-hydrogen) atoms. The van der Waals surface area contributed by atoms with E-state index in [1.54, 1.807) is 0 Å². The highest BCUT2D eigenvalue weighted by molar-refractivity contribution is 4.45. The van der Waals surface area contributed by atoms with Crippen LogP contribution in [0.15, 0.2) is 0 Å². The Morgan fingerprint density at radius 2 is 1.35 bits per heavy atom. The van der Waals surface area contributed by atoms with Gasteiger partial charge in [0.1, 0.15) is 6.61 Å². The summed E-state index contributed by atoms with van der Waals surface area (Å²) in [6.45, 7) is 6.12. The van der Waals surface area contributed by atoms with E-state index < -0.39 is 0 Å². The maximum atomic E-state index is 5.60. The predicted octanol–water partition coefficient (Wildman–Crippen LogP) is 3.30. The summed E-state index contributed by atoms with van der Waals surface area (Å²) in [6.07, 6.45) is 6.60. The van der Waals surface area contributed by atoms with Gasteiger partial charge in [-0.1, -0.05) is 39.5 Å². The van der Waals surface area contributed by atoms with Crippen LogP contribution < -0.4 is 0 Å². The van der Waals surface area contributed by atoms with Gasteiger partial charge in [-0.15, -0.1) is 0 Å². The van der Waals surface area contributed by atoms with Gasteiger partial charge in [-0.2, -0.15) is 0 Å². The molecule has 0 aromatic rings. The fraction of sp³-hybridized carbons (Fsp3) is 1.00. The van der Waals surface area contributed by atoms with Crippen molar-refractivity contribution in [3.05, 3.63) is 0 Å². The molecule has 0 heterocycles. The maximum Gasteiger partial charge on any atom is 0.183 e. The molecule has 4 nitrogen and oxygen atoms in total. The second-order valence-corrected chi connectivity index (χ2v) is 4.04. The van der Waals surface area contributed by atoms with E-state index in [-0.39, 0.29) is 6.29 Å². The fourth-order valence-electron chi connectivity index (χ4n) is 1.40. The minimum atomic E-state index is -0.302. The van der Waals surface area contributed by atoms with Crippen LogP contribution in [0, 0.1) is 0 Å². The molecule has 104 valence electrons. The van der Waals surface area contributed by atoms with Crippen LogP contribution in [0.4, 0.5) is 0 Å². The van der Waals surface area contributed by atoms with Crippen LogP contribution in [-0.2, 0) is 19.2 Å². The Hall–Kier alpha value is -0.160. The summed E-state index contributed by atoms with van der Waals surface area (Å²) < 4.78 is 11.2. The number of unbranched alkanes of at least 4 members (excludes halogenated alkanes) is 4. The summed E-state index contributed by atoms with van der Waals surface area (Å²) in [5, 5.41) is 0. The van der Waals surface area contributed by atoms with Gasteiger partial charge in [0.05, 0.1) is 7.11 Å². The largest absolute Gasteiger partial charge is 0.350 e. The molecule has 0 aliphatic carbocycles. The average Bonchev–Trinajstić information content (AvgIpc) is 2.35. The molecule has 0 rings (SSSR count). The van der Waals surface area contributed by atoms with Crippen molar-refractivity contribution in [3.8, 4) is 0 Å². The van der Waals surface area contributed by atoms with Crippen LogP contribution >= 0.6 is 0 Å². The SMILES string of the molecule is CCCCCOC(COOC)OCCCCC. The zero-order chi connectivity index (χ0) is 12.8. The zero-order valence-corrected chi connectivity index (χ0v) is 11.6. The quantitative estimate of drug-likeness (QED) is 0.217. The van der Waals surface area contributed by atoms with Crippen molar-refractivity contribution in [3.63, 3.8) is 0 Å². The number of hydrogen-bond acceptors (Lipinski definition) is 4. The first-order valence-electron chi connectivity index (χ1n) is 6.73. The summed E-state index contributed by atoms with van der Waals surface area (Å²) >= 11 is 0. The first kappa shape index (κ1) is 16.8. The molecule has 0 amide bonds. The van der Waals surface area contributed by atoms with Gasteiger partial charge in [0.2, 0.25) is 0 Å². The summed E-state index contributed by atoms with van der Waals surface area (Å²) in [7, 11) is 1.49. The van der Waals surface area contributed by atoms with Crippen LogP contribution in [0.2, 0.25) is 0 Å².